The maximum atomic E-state index is 13.0. The third-order valence-corrected chi connectivity index (χ3v) is 5.62. The highest BCUT2D eigenvalue weighted by Gasteiger charge is 2.36. The number of hydrogen-bond acceptors (Lipinski definition) is 5. The van der Waals surface area contributed by atoms with Crippen molar-refractivity contribution in [2.24, 2.45) is 0 Å². The minimum Gasteiger partial charge on any atom is -0.477 e. The van der Waals surface area contributed by atoms with Crippen LogP contribution in [0.25, 0.3) is 0 Å². The Balaban J connectivity index is 1.79. The van der Waals surface area contributed by atoms with E-state index in [2.05, 4.69) is 6.07 Å². The lowest BCUT2D eigenvalue weighted by Gasteiger charge is -2.39. The molecule has 1 aromatic carbocycles. The van der Waals surface area contributed by atoms with Crippen LogP contribution in [-0.2, 0) is 9.59 Å². The number of benzene rings is 1. The van der Waals surface area contributed by atoms with Crippen LogP contribution >= 0.6 is 0 Å². The third-order valence-electron chi connectivity index (χ3n) is 5.62. The number of nitriles is 1. The Morgan fingerprint density at radius 2 is 1.93 bits per heavy atom. The number of nitrogens with zero attached hydrogens (tertiary/aromatic N) is 4. The molecule has 0 N–H and O–H groups in total. The molecule has 1 unspecified atom stereocenters. The van der Waals surface area contributed by atoms with Crippen molar-refractivity contribution in [3.63, 3.8) is 0 Å². The molecule has 0 aromatic heterocycles. The van der Waals surface area contributed by atoms with Gasteiger partial charge in [0.15, 0.2) is 6.10 Å². The maximum Gasteiger partial charge on any atom is 0.265 e. The van der Waals surface area contributed by atoms with E-state index in [1.165, 1.54) is 4.90 Å². The smallest absolute Gasteiger partial charge is 0.265 e. The molecule has 2 aliphatic heterocycles. The number of amides is 2. The van der Waals surface area contributed by atoms with Crippen LogP contribution < -0.4 is 9.64 Å². The predicted octanol–water partition coefficient (Wildman–Crippen LogP) is 2.03. The number of hydrogen-bond donors (Lipinski definition) is 0. The van der Waals surface area contributed by atoms with Gasteiger partial charge in [0.2, 0.25) is 5.91 Å². The Hall–Kier alpha value is -2.75. The first-order chi connectivity index (χ1) is 13.3. The van der Waals surface area contributed by atoms with E-state index in [0.717, 1.165) is 38.0 Å². The van der Waals surface area contributed by atoms with Crippen LogP contribution in [0.4, 0.5) is 5.69 Å². The number of para-hydroxylation sites is 2. The summed E-state index contributed by atoms with van der Waals surface area (Å²) >= 11 is 0. The zero-order valence-corrected chi connectivity index (χ0v) is 16.9. The summed E-state index contributed by atoms with van der Waals surface area (Å²) in [7, 11) is 1.63. The zero-order valence-electron chi connectivity index (χ0n) is 16.9. The molecular formula is C21H28N4O3. The molecule has 2 heterocycles. The van der Waals surface area contributed by atoms with Crippen molar-refractivity contribution >= 4 is 17.5 Å². The van der Waals surface area contributed by atoms with Gasteiger partial charge >= 0.3 is 0 Å². The second kappa shape index (κ2) is 8.09. The van der Waals surface area contributed by atoms with Gasteiger partial charge in [0.05, 0.1) is 24.8 Å². The van der Waals surface area contributed by atoms with E-state index in [-0.39, 0.29) is 18.4 Å². The predicted molar refractivity (Wildman–Crippen MR) is 106 cm³/mol. The van der Waals surface area contributed by atoms with E-state index in [1.54, 1.807) is 20.9 Å². The van der Waals surface area contributed by atoms with E-state index < -0.39 is 11.6 Å². The van der Waals surface area contributed by atoms with E-state index in [0.29, 0.717) is 12.3 Å². The van der Waals surface area contributed by atoms with Gasteiger partial charge in [-0.2, -0.15) is 5.26 Å². The van der Waals surface area contributed by atoms with E-state index in [9.17, 15) is 14.9 Å². The van der Waals surface area contributed by atoms with Crippen LogP contribution in [0.15, 0.2) is 24.3 Å². The van der Waals surface area contributed by atoms with Gasteiger partial charge in [-0.25, -0.2) is 0 Å². The molecule has 150 valence electrons. The summed E-state index contributed by atoms with van der Waals surface area (Å²) in [6.45, 7) is 5.35. The first-order valence-corrected chi connectivity index (χ1v) is 9.81. The maximum absolute atomic E-state index is 13.0. The number of piperidine rings is 1. The lowest BCUT2D eigenvalue weighted by molar-refractivity contribution is -0.140. The Morgan fingerprint density at radius 1 is 1.25 bits per heavy atom. The first kappa shape index (κ1) is 20.0. The number of ether oxygens (including phenoxy) is 1. The van der Waals surface area contributed by atoms with Crippen LogP contribution in [0.3, 0.4) is 0 Å². The van der Waals surface area contributed by atoms with Crippen molar-refractivity contribution in [2.75, 3.05) is 38.1 Å². The second-order valence-electron chi connectivity index (χ2n) is 7.96. The molecule has 2 amide bonds. The van der Waals surface area contributed by atoms with Crippen LogP contribution in [0.5, 0.6) is 5.75 Å². The Bertz CT molecular complexity index is 780. The summed E-state index contributed by atoms with van der Waals surface area (Å²) in [4.78, 5) is 31.0. The van der Waals surface area contributed by atoms with Gasteiger partial charge in [0.1, 0.15) is 11.3 Å². The van der Waals surface area contributed by atoms with Crippen molar-refractivity contribution in [3.05, 3.63) is 24.3 Å². The number of carbonyl (C=O) groups excluding carboxylic acids is 2. The number of rotatable bonds is 4. The van der Waals surface area contributed by atoms with E-state index in [1.807, 2.05) is 34.1 Å². The summed E-state index contributed by atoms with van der Waals surface area (Å²) < 4.78 is 6.00. The number of anilines is 1. The highest BCUT2D eigenvalue weighted by atomic mass is 16.5. The van der Waals surface area contributed by atoms with Crippen molar-refractivity contribution in [1.82, 2.24) is 9.80 Å². The van der Waals surface area contributed by atoms with E-state index >= 15 is 0 Å². The highest BCUT2D eigenvalue weighted by molar-refractivity contribution is 5.86. The van der Waals surface area contributed by atoms with Crippen LogP contribution in [0.1, 0.15) is 33.1 Å². The average Bonchev–Trinajstić information content (AvgIpc) is 2.73. The largest absolute Gasteiger partial charge is 0.477 e. The van der Waals surface area contributed by atoms with Gasteiger partial charge in [-0.15, -0.1) is 0 Å². The number of likely N-dealkylation sites (N-methyl/N-ethyl adjacent to an activating group) is 1. The molecule has 28 heavy (non-hydrogen) atoms. The average molecular weight is 384 g/mol. The molecular weight excluding hydrogens is 356 g/mol. The monoisotopic (exact) mass is 384 g/mol. The van der Waals surface area contributed by atoms with Gasteiger partial charge in [0, 0.05) is 20.1 Å². The molecule has 1 saturated heterocycles. The van der Waals surface area contributed by atoms with Crippen molar-refractivity contribution in [1.29, 1.82) is 5.26 Å². The van der Waals surface area contributed by atoms with Crippen LogP contribution in [0, 0.1) is 11.3 Å². The molecule has 1 fully saturated rings. The standard InChI is InChI=1S/C21H28N4O3/c1-21(2,15-22)23(3)19(26)14-25-13-18(20(27)24-11-7-4-8-12-24)28-17-10-6-5-9-16(17)25/h5-6,9-10,18H,4,7-8,11-14H2,1-3H3. The Morgan fingerprint density at radius 3 is 2.61 bits per heavy atom. The molecule has 1 aromatic rings. The zero-order chi connectivity index (χ0) is 20.3. The molecule has 0 radical (unpaired) electrons. The van der Waals surface area contributed by atoms with Crippen molar-refractivity contribution < 1.29 is 14.3 Å². The van der Waals surface area contributed by atoms with E-state index in [4.69, 9.17) is 4.74 Å². The lowest BCUT2D eigenvalue weighted by atomic mass is 10.1. The molecule has 7 nitrogen and oxygen atoms in total. The molecule has 0 aliphatic carbocycles. The van der Waals surface area contributed by atoms with Gasteiger partial charge < -0.3 is 19.4 Å². The minimum atomic E-state index is -0.897. The molecule has 3 rings (SSSR count). The molecule has 0 spiro atoms. The summed E-state index contributed by atoms with van der Waals surface area (Å²) in [5.41, 5.74) is -0.104. The van der Waals surface area contributed by atoms with Crippen LogP contribution in [-0.4, -0.2) is 66.5 Å². The summed E-state index contributed by atoms with van der Waals surface area (Å²) in [6.07, 6.45) is 2.56. The topological polar surface area (TPSA) is 76.9 Å². The molecule has 0 bridgehead atoms. The number of carbonyl (C=O) groups is 2. The van der Waals surface area contributed by atoms with Gasteiger partial charge in [-0.3, -0.25) is 9.59 Å². The molecule has 1 atom stereocenters. The fraction of sp³-hybridized carbons (Fsp3) is 0.571. The quantitative estimate of drug-likeness (QED) is 0.794. The third kappa shape index (κ3) is 4.06. The summed E-state index contributed by atoms with van der Waals surface area (Å²) in [5, 5.41) is 9.31. The first-order valence-electron chi connectivity index (χ1n) is 9.81. The fourth-order valence-corrected chi connectivity index (χ4v) is 3.56. The minimum absolute atomic E-state index is 0.0163. The highest BCUT2D eigenvalue weighted by Crippen LogP contribution is 2.33. The molecule has 2 aliphatic rings. The van der Waals surface area contributed by atoms with Gasteiger partial charge in [-0.05, 0) is 45.2 Å². The number of fused-ring (bicyclic) bond motifs is 1. The van der Waals surface area contributed by atoms with Gasteiger partial charge in [-0.1, -0.05) is 12.1 Å². The number of likely N-dealkylation sites (tertiary alicyclic amines) is 1. The SMILES string of the molecule is CN(C(=O)CN1CC(C(=O)N2CCCCC2)Oc2ccccc21)C(C)(C)C#N. The summed E-state index contributed by atoms with van der Waals surface area (Å²) in [5.74, 6) is 0.420. The van der Waals surface area contributed by atoms with Crippen molar-refractivity contribution in [2.45, 2.75) is 44.8 Å². The van der Waals surface area contributed by atoms with Crippen LogP contribution in [0.2, 0.25) is 0 Å². The fourth-order valence-electron chi connectivity index (χ4n) is 3.56. The molecule has 0 saturated carbocycles. The molecule has 7 heteroatoms. The second-order valence-corrected chi connectivity index (χ2v) is 7.96. The Kier molecular flexibility index (Phi) is 5.78. The lowest BCUT2D eigenvalue weighted by Crippen LogP contribution is -2.54. The normalized spacial score (nSPS) is 19.3. The van der Waals surface area contributed by atoms with Gasteiger partial charge in [0.25, 0.3) is 5.91 Å². The Labute approximate surface area is 166 Å². The van der Waals surface area contributed by atoms with Crippen molar-refractivity contribution in [3.8, 4) is 11.8 Å². The summed E-state index contributed by atoms with van der Waals surface area (Å²) in [6, 6.07) is 9.61.